The van der Waals surface area contributed by atoms with Gasteiger partial charge in [0.1, 0.15) is 12.4 Å². The highest BCUT2D eigenvalue weighted by molar-refractivity contribution is 9.10. The van der Waals surface area contributed by atoms with Gasteiger partial charge in [0, 0.05) is 16.2 Å². The molecule has 104 valence electrons. The molecule has 2 aromatic carbocycles. The minimum Gasteiger partial charge on any atom is -0.488 e. The summed E-state index contributed by atoms with van der Waals surface area (Å²) in [6.45, 7) is 0.550. The molecule has 0 amide bonds. The van der Waals surface area contributed by atoms with Crippen LogP contribution in [0.4, 0.5) is 0 Å². The van der Waals surface area contributed by atoms with Crippen LogP contribution < -0.4 is 4.74 Å². The zero-order valence-electron chi connectivity index (χ0n) is 11.4. The summed E-state index contributed by atoms with van der Waals surface area (Å²) in [5.41, 5.74) is 3.05. The summed E-state index contributed by atoms with van der Waals surface area (Å²) in [5, 5.41) is 0. The zero-order chi connectivity index (χ0) is 14.5. The lowest BCUT2D eigenvalue weighted by atomic mass is 10.1. The fraction of sp³-hybridized carbons (Fsp3) is 0.0556. The van der Waals surface area contributed by atoms with Gasteiger partial charge in [-0.05, 0) is 45.8 Å². The SMILES string of the molecule is Brc1ccc(-c2ccccc2OCc2ccccc2)nc1. The van der Waals surface area contributed by atoms with Crippen molar-refractivity contribution in [3.63, 3.8) is 0 Å². The van der Waals surface area contributed by atoms with Gasteiger partial charge in [-0.3, -0.25) is 4.98 Å². The van der Waals surface area contributed by atoms with Crippen LogP contribution in [0.5, 0.6) is 5.75 Å². The molecule has 1 aromatic heterocycles. The summed E-state index contributed by atoms with van der Waals surface area (Å²) in [7, 11) is 0. The number of rotatable bonds is 4. The number of hydrogen-bond donors (Lipinski definition) is 0. The zero-order valence-corrected chi connectivity index (χ0v) is 13.0. The van der Waals surface area contributed by atoms with Crippen LogP contribution >= 0.6 is 15.9 Å². The molecule has 0 aliphatic rings. The molecule has 0 bridgehead atoms. The van der Waals surface area contributed by atoms with E-state index in [-0.39, 0.29) is 0 Å². The summed E-state index contributed by atoms with van der Waals surface area (Å²) >= 11 is 3.40. The Morgan fingerprint density at radius 1 is 0.857 bits per heavy atom. The third-order valence-electron chi connectivity index (χ3n) is 3.13. The molecule has 1 heterocycles. The van der Waals surface area contributed by atoms with Gasteiger partial charge in [0.25, 0.3) is 0 Å². The van der Waals surface area contributed by atoms with E-state index >= 15 is 0 Å². The van der Waals surface area contributed by atoms with E-state index in [0.29, 0.717) is 6.61 Å². The molecule has 2 nitrogen and oxygen atoms in total. The first-order valence-electron chi connectivity index (χ1n) is 6.70. The molecular formula is C18H14BrNO. The van der Waals surface area contributed by atoms with Crippen molar-refractivity contribution < 1.29 is 4.74 Å². The van der Waals surface area contributed by atoms with Crippen molar-refractivity contribution in [1.82, 2.24) is 4.98 Å². The summed E-state index contributed by atoms with van der Waals surface area (Å²) in [5.74, 6) is 0.844. The fourth-order valence-corrected chi connectivity index (χ4v) is 2.31. The first-order chi connectivity index (χ1) is 10.3. The van der Waals surface area contributed by atoms with Gasteiger partial charge >= 0.3 is 0 Å². The van der Waals surface area contributed by atoms with Crippen LogP contribution in [0, 0.1) is 0 Å². The van der Waals surface area contributed by atoms with E-state index in [1.807, 2.05) is 54.6 Å². The Hall–Kier alpha value is -2.13. The van der Waals surface area contributed by atoms with Gasteiger partial charge in [-0.15, -0.1) is 0 Å². The fourth-order valence-electron chi connectivity index (χ4n) is 2.07. The Kier molecular flexibility index (Phi) is 4.31. The highest BCUT2D eigenvalue weighted by Crippen LogP contribution is 2.29. The third-order valence-corrected chi connectivity index (χ3v) is 3.60. The molecule has 3 aromatic rings. The van der Waals surface area contributed by atoms with Gasteiger partial charge in [-0.2, -0.15) is 0 Å². The maximum absolute atomic E-state index is 5.96. The highest BCUT2D eigenvalue weighted by atomic mass is 79.9. The van der Waals surface area contributed by atoms with Crippen molar-refractivity contribution in [2.24, 2.45) is 0 Å². The van der Waals surface area contributed by atoms with Crippen LogP contribution in [0.25, 0.3) is 11.3 Å². The minimum atomic E-state index is 0.550. The first-order valence-corrected chi connectivity index (χ1v) is 7.50. The van der Waals surface area contributed by atoms with E-state index in [9.17, 15) is 0 Å². The average Bonchev–Trinajstić information content (AvgIpc) is 2.55. The summed E-state index contributed by atoms with van der Waals surface area (Å²) < 4.78 is 6.92. The molecule has 0 spiro atoms. The van der Waals surface area contributed by atoms with E-state index in [1.165, 1.54) is 0 Å². The molecule has 3 rings (SSSR count). The topological polar surface area (TPSA) is 22.1 Å². The summed E-state index contributed by atoms with van der Waals surface area (Å²) in [6, 6.07) is 22.1. The van der Waals surface area contributed by atoms with Gasteiger partial charge in [0.05, 0.1) is 5.69 Å². The van der Waals surface area contributed by atoms with Gasteiger partial charge < -0.3 is 4.74 Å². The molecule has 0 aliphatic heterocycles. The number of aromatic nitrogens is 1. The van der Waals surface area contributed by atoms with Gasteiger partial charge in [-0.1, -0.05) is 42.5 Å². The Balaban J connectivity index is 1.84. The number of pyridine rings is 1. The van der Waals surface area contributed by atoms with Crippen molar-refractivity contribution >= 4 is 15.9 Å². The lowest BCUT2D eigenvalue weighted by Crippen LogP contribution is -1.97. The molecule has 0 atom stereocenters. The molecule has 0 fully saturated rings. The maximum atomic E-state index is 5.96. The average molecular weight is 340 g/mol. The van der Waals surface area contributed by atoms with Crippen molar-refractivity contribution in [2.45, 2.75) is 6.61 Å². The Morgan fingerprint density at radius 2 is 1.62 bits per heavy atom. The van der Waals surface area contributed by atoms with Crippen LogP contribution in [0.1, 0.15) is 5.56 Å². The van der Waals surface area contributed by atoms with E-state index in [4.69, 9.17) is 4.74 Å². The molecule has 21 heavy (non-hydrogen) atoms. The van der Waals surface area contributed by atoms with Crippen molar-refractivity contribution in [1.29, 1.82) is 0 Å². The molecule has 0 saturated carbocycles. The molecule has 3 heteroatoms. The smallest absolute Gasteiger partial charge is 0.129 e. The van der Waals surface area contributed by atoms with E-state index in [1.54, 1.807) is 6.20 Å². The largest absolute Gasteiger partial charge is 0.488 e. The van der Waals surface area contributed by atoms with Crippen molar-refractivity contribution in [3.8, 4) is 17.0 Å². The maximum Gasteiger partial charge on any atom is 0.129 e. The quantitative estimate of drug-likeness (QED) is 0.660. The number of para-hydroxylation sites is 1. The molecular weight excluding hydrogens is 326 g/mol. The molecule has 0 N–H and O–H groups in total. The molecule has 0 radical (unpaired) electrons. The number of halogens is 1. The number of nitrogens with zero attached hydrogens (tertiary/aromatic N) is 1. The molecule has 0 unspecified atom stereocenters. The highest BCUT2D eigenvalue weighted by Gasteiger charge is 2.07. The lowest BCUT2D eigenvalue weighted by molar-refractivity contribution is 0.307. The second-order valence-corrected chi connectivity index (χ2v) is 5.55. The van der Waals surface area contributed by atoms with Gasteiger partial charge in [0.15, 0.2) is 0 Å². The van der Waals surface area contributed by atoms with E-state index in [0.717, 1.165) is 27.0 Å². The van der Waals surface area contributed by atoms with Crippen molar-refractivity contribution in [3.05, 3.63) is 83.0 Å². The van der Waals surface area contributed by atoms with Crippen LogP contribution in [0.3, 0.4) is 0 Å². The molecule has 0 saturated heterocycles. The van der Waals surface area contributed by atoms with Crippen LogP contribution in [-0.4, -0.2) is 4.98 Å². The Labute approximate surface area is 132 Å². The monoisotopic (exact) mass is 339 g/mol. The van der Waals surface area contributed by atoms with Gasteiger partial charge in [0.2, 0.25) is 0 Å². The second-order valence-electron chi connectivity index (χ2n) is 4.63. The summed E-state index contributed by atoms with van der Waals surface area (Å²) in [6.07, 6.45) is 1.79. The second kappa shape index (κ2) is 6.55. The summed E-state index contributed by atoms with van der Waals surface area (Å²) in [4.78, 5) is 4.44. The normalized spacial score (nSPS) is 10.3. The van der Waals surface area contributed by atoms with Crippen LogP contribution in [-0.2, 0) is 6.61 Å². The number of ether oxygens (including phenoxy) is 1. The van der Waals surface area contributed by atoms with Crippen LogP contribution in [0.2, 0.25) is 0 Å². The first kappa shape index (κ1) is 13.8. The van der Waals surface area contributed by atoms with Crippen molar-refractivity contribution in [2.75, 3.05) is 0 Å². The Bertz CT molecular complexity index is 711. The predicted octanol–water partition coefficient (Wildman–Crippen LogP) is 5.09. The third kappa shape index (κ3) is 3.50. The minimum absolute atomic E-state index is 0.550. The van der Waals surface area contributed by atoms with Gasteiger partial charge in [-0.25, -0.2) is 0 Å². The molecule has 0 aliphatic carbocycles. The number of benzene rings is 2. The van der Waals surface area contributed by atoms with Crippen LogP contribution in [0.15, 0.2) is 77.4 Å². The standard InChI is InChI=1S/C18H14BrNO/c19-15-10-11-17(20-12-15)16-8-4-5-9-18(16)21-13-14-6-2-1-3-7-14/h1-12H,13H2. The predicted molar refractivity (Wildman–Crippen MR) is 88.1 cm³/mol. The lowest BCUT2D eigenvalue weighted by Gasteiger charge is -2.11. The van der Waals surface area contributed by atoms with E-state index in [2.05, 4.69) is 33.0 Å². The Morgan fingerprint density at radius 3 is 2.38 bits per heavy atom. The number of hydrogen-bond acceptors (Lipinski definition) is 2. The van der Waals surface area contributed by atoms with E-state index < -0.39 is 0 Å².